The fourth-order valence-corrected chi connectivity index (χ4v) is 2.37. The van der Waals surface area contributed by atoms with Crippen LogP contribution in [0.15, 0.2) is 16.9 Å². The van der Waals surface area contributed by atoms with Crippen LogP contribution < -0.4 is 5.56 Å². The van der Waals surface area contributed by atoms with Crippen molar-refractivity contribution in [2.24, 2.45) is 0 Å². The van der Waals surface area contributed by atoms with E-state index in [1.807, 2.05) is 32.9 Å². The molecule has 0 aliphatic carbocycles. The fourth-order valence-electron chi connectivity index (χ4n) is 2.12. The van der Waals surface area contributed by atoms with Gasteiger partial charge in [0.15, 0.2) is 0 Å². The standard InChI is InChI=1S/C13H13IN2O2/c1-6-4-7(2)9(8(3)5-6)11-15-12(17)10(14)13(18)16-11/h4-5H,1-3H3,(H2,15,16,17,18). The van der Waals surface area contributed by atoms with E-state index in [9.17, 15) is 9.90 Å². The number of H-pyrrole nitrogens is 1. The summed E-state index contributed by atoms with van der Waals surface area (Å²) in [6, 6.07) is 4.05. The Kier molecular flexibility index (Phi) is 3.43. The summed E-state index contributed by atoms with van der Waals surface area (Å²) in [5, 5.41) is 9.64. The molecular weight excluding hydrogens is 343 g/mol. The van der Waals surface area contributed by atoms with Gasteiger partial charge in [-0.1, -0.05) is 17.7 Å². The molecule has 0 fully saturated rings. The van der Waals surface area contributed by atoms with Crippen molar-refractivity contribution in [1.29, 1.82) is 0 Å². The van der Waals surface area contributed by atoms with Gasteiger partial charge in [-0.05, 0) is 54.5 Å². The molecule has 1 aromatic carbocycles. The number of aromatic nitrogens is 2. The van der Waals surface area contributed by atoms with Crippen LogP contribution in [0.1, 0.15) is 16.7 Å². The van der Waals surface area contributed by atoms with E-state index in [-0.39, 0.29) is 15.0 Å². The first kappa shape index (κ1) is 13.1. The molecule has 0 saturated carbocycles. The number of hydrogen-bond acceptors (Lipinski definition) is 3. The maximum atomic E-state index is 11.7. The van der Waals surface area contributed by atoms with Crippen LogP contribution in [0.3, 0.4) is 0 Å². The lowest BCUT2D eigenvalue weighted by molar-refractivity contribution is 0.447. The summed E-state index contributed by atoms with van der Waals surface area (Å²) in [6.45, 7) is 5.94. The van der Waals surface area contributed by atoms with E-state index in [1.165, 1.54) is 0 Å². The summed E-state index contributed by atoms with van der Waals surface area (Å²) >= 11 is 1.77. The van der Waals surface area contributed by atoms with Crippen molar-refractivity contribution in [3.63, 3.8) is 0 Å². The Morgan fingerprint density at radius 3 is 2.28 bits per heavy atom. The van der Waals surface area contributed by atoms with Gasteiger partial charge in [0.1, 0.15) is 9.39 Å². The highest BCUT2D eigenvalue weighted by Gasteiger charge is 2.13. The van der Waals surface area contributed by atoms with Gasteiger partial charge < -0.3 is 10.1 Å². The van der Waals surface area contributed by atoms with Crippen LogP contribution in [-0.2, 0) is 0 Å². The molecule has 18 heavy (non-hydrogen) atoms. The molecule has 94 valence electrons. The largest absolute Gasteiger partial charge is 0.492 e. The van der Waals surface area contributed by atoms with Crippen molar-refractivity contribution < 1.29 is 5.11 Å². The van der Waals surface area contributed by atoms with Gasteiger partial charge in [0.25, 0.3) is 5.56 Å². The molecule has 2 rings (SSSR count). The van der Waals surface area contributed by atoms with Gasteiger partial charge in [-0.15, -0.1) is 0 Å². The molecule has 0 unspecified atom stereocenters. The van der Waals surface area contributed by atoms with Crippen LogP contribution in [0.5, 0.6) is 5.88 Å². The fraction of sp³-hybridized carbons (Fsp3) is 0.231. The summed E-state index contributed by atoms with van der Waals surface area (Å²) in [5.74, 6) is 0.182. The normalized spacial score (nSPS) is 10.7. The van der Waals surface area contributed by atoms with Crippen molar-refractivity contribution in [3.8, 4) is 17.3 Å². The number of aromatic hydroxyl groups is 1. The first-order chi connectivity index (χ1) is 8.40. The molecule has 0 radical (unpaired) electrons. The number of benzene rings is 1. The lowest BCUT2D eigenvalue weighted by atomic mass is 9.99. The molecule has 0 saturated heterocycles. The van der Waals surface area contributed by atoms with E-state index in [2.05, 4.69) is 9.97 Å². The monoisotopic (exact) mass is 356 g/mol. The molecule has 0 bridgehead atoms. The minimum atomic E-state index is -0.322. The van der Waals surface area contributed by atoms with Gasteiger partial charge in [-0.25, -0.2) is 0 Å². The highest BCUT2D eigenvalue weighted by Crippen LogP contribution is 2.26. The van der Waals surface area contributed by atoms with E-state index < -0.39 is 0 Å². The zero-order valence-corrected chi connectivity index (χ0v) is 12.5. The summed E-state index contributed by atoms with van der Waals surface area (Å²) < 4.78 is 0.207. The summed E-state index contributed by atoms with van der Waals surface area (Å²) in [5.41, 5.74) is 3.75. The Morgan fingerprint density at radius 2 is 1.78 bits per heavy atom. The number of nitrogens with zero attached hydrogens (tertiary/aromatic N) is 1. The number of nitrogens with one attached hydrogen (secondary N) is 1. The topological polar surface area (TPSA) is 66.0 Å². The first-order valence-corrected chi connectivity index (χ1v) is 6.55. The molecule has 0 aliphatic heterocycles. The van der Waals surface area contributed by atoms with Crippen LogP contribution in [0, 0.1) is 24.3 Å². The Labute approximate surface area is 118 Å². The van der Waals surface area contributed by atoms with Gasteiger partial charge >= 0.3 is 0 Å². The van der Waals surface area contributed by atoms with Crippen molar-refractivity contribution >= 4 is 22.6 Å². The Hall–Kier alpha value is -1.37. The lowest BCUT2D eigenvalue weighted by Crippen LogP contribution is -2.13. The second-order valence-corrected chi connectivity index (χ2v) is 5.40. The minimum absolute atomic E-state index is 0.207. The summed E-state index contributed by atoms with van der Waals surface area (Å²) in [7, 11) is 0. The molecule has 4 nitrogen and oxygen atoms in total. The van der Waals surface area contributed by atoms with Gasteiger partial charge in [0.2, 0.25) is 5.88 Å². The zero-order valence-electron chi connectivity index (χ0n) is 10.3. The van der Waals surface area contributed by atoms with Gasteiger partial charge in [-0.3, -0.25) is 4.79 Å². The second-order valence-electron chi connectivity index (χ2n) is 4.33. The molecule has 0 aliphatic rings. The quantitative estimate of drug-likeness (QED) is 0.773. The number of halogens is 1. The van der Waals surface area contributed by atoms with E-state index in [0.29, 0.717) is 5.82 Å². The highest BCUT2D eigenvalue weighted by atomic mass is 127. The zero-order chi connectivity index (χ0) is 13.4. The number of aryl methyl sites for hydroxylation is 3. The van der Waals surface area contributed by atoms with Gasteiger partial charge in [0.05, 0.1) is 0 Å². The first-order valence-electron chi connectivity index (χ1n) is 5.47. The molecule has 0 atom stereocenters. The van der Waals surface area contributed by atoms with E-state index in [1.54, 1.807) is 22.6 Å². The smallest absolute Gasteiger partial charge is 0.268 e. The Morgan fingerprint density at radius 1 is 1.22 bits per heavy atom. The van der Waals surface area contributed by atoms with Crippen molar-refractivity contribution in [2.45, 2.75) is 20.8 Å². The Balaban J connectivity index is 2.74. The van der Waals surface area contributed by atoms with Crippen LogP contribution in [0.4, 0.5) is 0 Å². The third-order valence-corrected chi connectivity index (χ3v) is 3.73. The molecule has 1 heterocycles. The SMILES string of the molecule is Cc1cc(C)c(-c2nc(O)c(I)c(=O)[nH]2)c(C)c1. The van der Waals surface area contributed by atoms with Crippen molar-refractivity contribution in [2.75, 3.05) is 0 Å². The molecule has 2 aromatic rings. The van der Waals surface area contributed by atoms with E-state index in [4.69, 9.17) is 0 Å². The highest BCUT2D eigenvalue weighted by molar-refractivity contribution is 14.1. The van der Waals surface area contributed by atoms with Crippen LogP contribution in [0.2, 0.25) is 0 Å². The van der Waals surface area contributed by atoms with Crippen LogP contribution in [-0.4, -0.2) is 15.1 Å². The molecule has 5 heteroatoms. The third kappa shape index (κ3) is 2.27. The van der Waals surface area contributed by atoms with E-state index >= 15 is 0 Å². The predicted octanol–water partition coefficient (Wildman–Crippen LogP) is 2.67. The third-order valence-electron chi connectivity index (χ3n) is 2.76. The predicted molar refractivity (Wildman–Crippen MR) is 78.9 cm³/mol. The van der Waals surface area contributed by atoms with Gasteiger partial charge in [-0.2, -0.15) is 4.98 Å². The van der Waals surface area contributed by atoms with E-state index in [0.717, 1.165) is 22.3 Å². The lowest BCUT2D eigenvalue weighted by Gasteiger charge is -2.10. The minimum Gasteiger partial charge on any atom is -0.492 e. The summed E-state index contributed by atoms with van der Waals surface area (Å²) in [4.78, 5) is 18.4. The van der Waals surface area contributed by atoms with Crippen molar-refractivity contribution in [1.82, 2.24) is 9.97 Å². The number of rotatable bonds is 1. The average Bonchev–Trinajstić information content (AvgIpc) is 2.24. The molecular formula is C13H13IN2O2. The second kappa shape index (κ2) is 4.72. The number of hydrogen-bond donors (Lipinski definition) is 2. The molecule has 0 amide bonds. The van der Waals surface area contributed by atoms with Crippen molar-refractivity contribution in [3.05, 3.63) is 42.7 Å². The maximum Gasteiger partial charge on any atom is 0.268 e. The number of aromatic amines is 1. The maximum absolute atomic E-state index is 11.7. The van der Waals surface area contributed by atoms with Crippen LogP contribution in [0.25, 0.3) is 11.4 Å². The Bertz CT molecular complexity index is 654. The van der Waals surface area contributed by atoms with Crippen LogP contribution >= 0.6 is 22.6 Å². The average molecular weight is 356 g/mol. The molecule has 2 N–H and O–H groups in total. The van der Waals surface area contributed by atoms with Gasteiger partial charge in [0, 0.05) is 5.56 Å². The molecule has 0 spiro atoms. The molecule has 1 aromatic heterocycles. The summed E-state index contributed by atoms with van der Waals surface area (Å²) in [6.07, 6.45) is 0.